The lowest BCUT2D eigenvalue weighted by Gasteiger charge is -2.12. The molecule has 0 saturated heterocycles. The van der Waals surface area contributed by atoms with E-state index in [1.54, 1.807) is 12.1 Å². The van der Waals surface area contributed by atoms with Gasteiger partial charge < -0.3 is 5.32 Å². The molecule has 24 heavy (non-hydrogen) atoms. The van der Waals surface area contributed by atoms with Gasteiger partial charge in [0.1, 0.15) is 0 Å². The van der Waals surface area contributed by atoms with Gasteiger partial charge in [-0.3, -0.25) is 4.79 Å². The van der Waals surface area contributed by atoms with Crippen LogP contribution in [0.4, 0.5) is 5.69 Å². The summed E-state index contributed by atoms with van der Waals surface area (Å²) >= 11 is 0. The number of carbonyl (C=O) groups excluding carboxylic acids is 1. The van der Waals surface area contributed by atoms with Gasteiger partial charge in [-0.25, -0.2) is 12.7 Å². The quantitative estimate of drug-likeness (QED) is 0.817. The lowest BCUT2D eigenvalue weighted by Crippen LogP contribution is -2.22. The summed E-state index contributed by atoms with van der Waals surface area (Å²) in [6.45, 7) is 4.15. The predicted octanol–water partition coefficient (Wildman–Crippen LogP) is 2.85. The zero-order chi connectivity index (χ0) is 17.9. The van der Waals surface area contributed by atoms with Gasteiger partial charge in [-0.05, 0) is 49.2 Å². The van der Waals surface area contributed by atoms with Crippen molar-refractivity contribution >= 4 is 21.5 Å². The lowest BCUT2D eigenvalue weighted by atomic mass is 10.1. The average Bonchev–Trinajstić information content (AvgIpc) is 2.55. The van der Waals surface area contributed by atoms with E-state index in [0.29, 0.717) is 5.56 Å². The SMILES string of the molecule is Cc1ccc(NCC(=O)c2cccc(S(=O)(=O)N(C)C)c2)cc1C. The molecule has 2 rings (SSSR count). The third-order valence-electron chi connectivity index (χ3n) is 3.89. The number of carbonyl (C=O) groups is 1. The van der Waals surface area contributed by atoms with Gasteiger partial charge in [0.25, 0.3) is 0 Å². The maximum absolute atomic E-state index is 12.3. The molecule has 0 bridgehead atoms. The van der Waals surface area contributed by atoms with Gasteiger partial charge in [-0.2, -0.15) is 0 Å². The summed E-state index contributed by atoms with van der Waals surface area (Å²) in [6.07, 6.45) is 0. The fraction of sp³-hybridized carbons (Fsp3) is 0.278. The minimum atomic E-state index is -3.55. The van der Waals surface area contributed by atoms with Crippen LogP contribution in [0.3, 0.4) is 0 Å². The Morgan fingerprint density at radius 1 is 1.04 bits per heavy atom. The fourth-order valence-electron chi connectivity index (χ4n) is 2.18. The minimum absolute atomic E-state index is 0.105. The van der Waals surface area contributed by atoms with Gasteiger partial charge in [0.15, 0.2) is 5.78 Å². The van der Waals surface area contributed by atoms with Crippen molar-refractivity contribution in [2.45, 2.75) is 18.7 Å². The minimum Gasteiger partial charge on any atom is -0.378 e. The van der Waals surface area contributed by atoms with Crippen molar-refractivity contribution in [2.24, 2.45) is 0 Å². The Morgan fingerprint density at radius 2 is 1.75 bits per heavy atom. The smallest absolute Gasteiger partial charge is 0.242 e. The Balaban J connectivity index is 2.14. The summed E-state index contributed by atoms with van der Waals surface area (Å²) in [6, 6.07) is 12.0. The van der Waals surface area contributed by atoms with E-state index in [0.717, 1.165) is 15.6 Å². The molecule has 128 valence electrons. The Labute approximate surface area is 143 Å². The summed E-state index contributed by atoms with van der Waals surface area (Å²) < 4.78 is 25.4. The molecular formula is C18H22N2O3S. The van der Waals surface area contributed by atoms with Crippen LogP contribution in [0.2, 0.25) is 0 Å². The molecule has 0 aliphatic rings. The first-order chi connectivity index (χ1) is 11.2. The standard InChI is InChI=1S/C18H22N2O3S/c1-13-8-9-16(10-14(13)2)19-12-18(21)15-6-5-7-17(11-15)24(22,23)20(3)4/h5-11,19H,12H2,1-4H3. The number of nitrogens with one attached hydrogen (secondary N) is 1. The third-order valence-corrected chi connectivity index (χ3v) is 5.71. The molecule has 0 atom stereocenters. The summed E-state index contributed by atoms with van der Waals surface area (Å²) in [5, 5.41) is 3.08. The van der Waals surface area contributed by atoms with Crippen molar-refractivity contribution in [3.05, 3.63) is 59.2 Å². The van der Waals surface area contributed by atoms with Crippen LogP contribution in [-0.2, 0) is 10.0 Å². The molecule has 0 amide bonds. The lowest BCUT2D eigenvalue weighted by molar-refractivity contribution is 0.101. The molecule has 0 heterocycles. The van der Waals surface area contributed by atoms with Crippen molar-refractivity contribution in [3.8, 4) is 0 Å². The van der Waals surface area contributed by atoms with E-state index in [2.05, 4.69) is 5.32 Å². The number of hydrogen-bond donors (Lipinski definition) is 1. The number of sulfonamides is 1. The van der Waals surface area contributed by atoms with E-state index in [1.165, 1.54) is 31.8 Å². The number of ketones is 1. The molecule has 0 fully saturated rings. The van der Waals surface area contributed by atoms with Crippen LogP contribution >= 0.6 is 0 Å². The van der Waals surface area contributed by atoms with Crippen LogP contribution in [0.5, 0.6) is 0 Å². The molecule has 0 spiro atoms. The van der Waals surface area contributed by atoms with E-state index >= 15 is 0 Å². The average molecular weight is 346 g/mol. The third kappa shape index (κ3) is 4.01. The van der Waals surface area contributed by atoms with Gasteiger partial charge >= 0.3 is 0 Å². The molecule has 0 unspecified atom stereocenters. The Morgan fingerprint density at radius 3 is 2.38 bits per heavy atom. The summed E-state index contributed by atoms with van der Waals surface area (Å²) in [7, 11) is -0.623. The number of rotatable bonds is 6. The predicted molar refractivity (Wildman–Crippen MR) is 96.1 cm³/mol. The van der Waals surface area contributed by atoms with Crippen LogP contribution in [0.15, 0.2) is 47.4 Å². The monoisotopic (exact) mass is 346 g/mol. The molecule has 0 aromatic heterocycles. The number of Topliss-reactive ketones (excluding diaryl/α,β-unsaturated/α-hetero) is 1. The van der Waals surface area contributed by atoms with Gasteiger partial charge in [-0.1, -0.05) is 18.2 Å². The fourth-order valence-corrected chi connectivity index (χ4v) is 3.12. The van der Waals surface area contributed by atoms with Gasteiger partial charge in [0.2, 0.25) is 10.0 Å². The van der Waals surface area contributed by atoms with Crippen LogP contribution in [-0.4, -0.2) is 39.1 Å². The second-order valence-electron chi connectivity index (χ2n) is 5.89. The van der Waals surface area contributed by atoms with E-state index in [1.807, 2.05) is 32.0 Å². The summed E-state index contributed by atoms with van der Waals surface area (Å²) in [5.41, 5.74) is 3.57. The Kier molecular flexibility index (Phi) is 5.41. The molecule has 2 aromatic rings. The first-order valence-corrected chi connectivity index (χ1v) is 9.03. The molecule has 0 aliphatic carbocycles. The van der Waals surface area contributed by atoms with Crippen LogP contribution < -0.4 is 5.32 Å². The first-order valence-electron chi connectivity index (χ1n) is 7.59. The Hall–Kier alpha value is -2.18. The zero-order valence-corrected chi connectivity index (χ0v) is 15.1. The van der Waals surface area contributed by atoms with Gasteiger partial charge in [-0.15, -0.1) is 0 Å². The highest BCUT2D eigenvalue weighted by Crippen LogP contribution is 2.17. The summed E-state index contributed by atoms with van der Waals surface area (Å²) in [4.78, 5) is 12.5. The van der Waals surface area contributed by atoms with Gasteiger partial charge in [0, 0.05) is 25.3 Å². The Bertz CT molecular complexity index is 858. The zero-order valence-electron chi connectivity index (χ0n) is 14.3. The first kappa shape index (κ1) is 18.2. The van der Waals surface area contributed by atoms with Crippen molar-refractivity contribution in [1.82, 2.24) is 4.31 Å². The summed E-state index contributed by atoms with van der Waals surface area (Å²) in [5.74, 6) is -0.163. The maximum Gasteiger partial charge on any atom is 0.242 e. The van der Waals surface area contributed by atoms with Crippen molar-refractivity contribution in [3.63, 3.8) is 0 Å². The number of aryl methyl sites for hydroxylation is 2. The van der Waals surface area contributed by atoms with E-state index in [9.17, 15) is 13.2 Å². The highest BCUT2D eigenvalue weighted by atomic mass is 32.2. The highest BCUT2D eigenvalue weighted by molar-refractivity contribution is 7.89. The second kappa shape index (κ2) is 7.15. The van der Waals surface area contributed by atoms with Crippen molar-refractivity contribution in [2.75, 3.05) is 26.0 Å². The number of benzene rings is 2. The molecule has 6 heteroatoms. The largest absolute Gasteiger partial charge is 0.378 e. The van der Waals surface area contributed by atoms with Crippen molar-refractivity contribution < 1.29 is 13.2 Å². The topological polar surface area (TPSA) is 66.5 Å². The number of nitrogens with zero attached hydrogens (tertiary/aromatic N) is 1. The molecule has 1 N–H and O–H groups in total. The molecule has 0 radical (unpaired) electrons. The molecule has 5 nitrogen and oxygen atoms in total. The van der Waals surface area contributed by atoms with E-state index in [4.69, 9.17) is 0 Å². The van der Waals surface area contributed by atoms with Crippen LogP contribution in [0.1, 0.15) is 21.5 Å². The normalized spacial score (nSPS) is 11.5. The molecule has 2 aromatic carbocycles. The number of anilines is 1. The van der Waals surface area contributed by atoms with Crippen LogP contribution in [0.25, 0.3) is 0 Å². The van der Waals surface area contributed by atoms with Crippen LogP contribution in [0, 0.1) is 13.8 Å². The van der Waals surface area contributed by atoms with E-state index < -0.39 is 10.0 Å². The second-order valence-corrected chi connectivity index (χ2v) is 8.04. The molecule has 0 aliphatic heterocycles. The number of hydrogen-bond acceptors (Lipinski definition) is 4. The van der Waals surface area contributed by atoms with E-state index in [-0.39, 0.29) is 17.2 Å². The maximum atomic E-state index is 12.3. The van der Waals surface area contributed by atoms with Crippen molar-refractivity contribution in [1.29, 1.82) is 0 Å². The molecule has 0 saturated carbocycles. The highest BCUT2D eigenvalue weighted by Gasteiger charge is 2.18. The molecular weight excluding hydrogens is 324 g/mol. The van der Waals surface area contributed by atoms with Gasteiger partial charge in [0.05, 0.1) is 11.4 Å².